The van der Waals surface area contributed by atoms with Crippen molar-refractivity contribution in [3.05, 3.63) is 58.4 Å². The van der Waals surface area contributed by atoms with Gasteiger partial charge in [0.2, 0.25) is 0 Å². The van der Waals surface area contributed by atoms with Gasteiger partial charge in [-0.2, -0.15) is 0 Å². The Morgan fingerprint density at radius 2 is 1.61 bits per heavy atom. The maximum absolute atomic E-state index is 6.23. The number of pyridine rings is 1. The Morgan fingerprint density at radius 3 is 2.26 bits per heavy atom. The lowest BCUT2D eigenvalue weighted by atomic mass is 10.0. The molecular formula is C25H38Cl2N2O2. The van der Waals surface area contributed by atoms with Crippen LogP contribution in [0.25, 0.3) is 0 Å². The maximum Gasteiger partial charge on any atom is 0.146 e. The van der Waals surface area contributed by atoms with Crippen molar-refractivity contribution in [2.45, 2.75) is 79.2 Å². The Hall–Kier alpha value is -1.33. The second kappa shape index (κ2) is 13.3. The molecule has 6 heteroatoms. The quantitative estimate of drug-likeness (QED) is 0.392. The minimum absolute atomic E-state index is 0. The molecule has 2 heterocycles. The zero-order valence-corrected chi connectivity index (χ0v) is 21.2. The van der Waals surface area contributed by atoms with Crippen LogP contribution in [0.15, 0.2) is 30.3 Å². The summed E-state index contributed by atoms with van der Waals surface area (Å²) in [5, 5.41) is 0. The van der Waals surface area contributed by atoms with Crippen LogP contribution in [-0.2, 0) is 24.4 Å². The summed E-state index contributed by atoms with van der Waals surface area (Å²) in [6.45, 7) is 14.3. The van der Waals surface area contributed by atoms with Crippen LogP contribution >= 0.6 is 24.8 Å². The van der Waals surface area contributed by atoms with Crippen LogP contribution in [0.4, 0.5) is 0 Å². The number of ether oxygens (including phenoxy) is 2. The third-order valence-electron chi connectivity index (χ3n) is 5.71. The van der Waals surface area contributed by atoms with Crippen LogP contribution in [-0.4, -0.2) is 35.1 Å². The van der Waals surface area contributed by atoms with Crippen LogP contribution in [0.3, 0.4) is 0 Å². The van der Waals surface area contributed by atoms with Gasteiger partial charge in [0.25, 0.3) is 0 Å². The van der Waals surface area contributed by atoms with Gasteiger partial charge in [-0.05, 0) is 59.6 Å². The summed E-state index contributed by atoms with van der Waals surface area (Å²) in [6.07, 6.45) is 3.04. The van der Waals surface area contributed by atoms with E-state index < -0.39 is 0 Å². The van der Waals surface area contributed by atoms with E-state index in [1.54, 1.807) is 0 Å². The molecule has 2 aromatic rings. The highest BCUT2D eigenvalue weighted by atomic mass is 35.5. The SMILES string of the molecule is Cc1nc(Cc2ccccc2)c2c(c1OCCCCN(C(C)C)C(C)C)COC2.Cl.Cl. The number of unbranched alkanes of at least 4 members (excludes halogenated alkanes) is 1. The summed E-state index contributed by atoms with van der Waals surface area (Å²) in [4.78, 5) is 7.44. The lowest BCUT2D eigenvalue weighted by molar-refractivity contribution is 0.132. The predicted octanol–water partition coefficient (Wildman–Crippen LogP) is 6.13. The highest BCUT2D eigenvalue weighted by Crippen LogP contribution is 2.34. The zero-order valence-electron chi connectivity index (χ0n) is 19.5. The molecule has 0 fully saturated rings. The van der Waals surface area contributed by atoms with E-state index in [-0.39, 0.29) is 24.8 Å². The molecule has 0 atom stereocenters. The second-order valence-corrected chi connectivity index (χ2v) is 8.57. The Bertz CT molecular complexity index is 790. The summed E-state index contributed by atoms with van der Waals surface area (Å²) in [6, 6.07) is 11.7. The van der Waals surface area contributed by atoms with Gasteiger partial charge in [-0.3, -0.25) is 9.88 Å². The van der Waals surface area contributed by atoms with E-state index in [0.29, 0.717) is 25.3 Å². The monoisotopic (exact) mass is 468 g/mol. The number of halogens is 2. The standard InChI is InChI=1S/C25H36N2O2.2ClH/c1-18(2)27(19(3)4)13-9-10-14-29-25-20(5)26-24(22-16-28-17-23(22)25)15-21-11-7-6-8-12-21;;/h6-8,11-12,18-19H,9-10,13-17H2,1-5H3;2*1H. The number of hydrogen-bond donors (Lipinski definition) is 0. The first-order chi connectivity index (χ1) is 14.0. The molecule has 0 N–H and O–H groups in total. The van der Waals surface area contributed by atoms with E-state index in [9.17, 15) is 0 Å². The summed E-state index contributed by atoms with van der Waals surface area (Å²) in [5.74, 6) is 0.943. The first kappa shape index (κ1) is 27.7. The van der Waals surface area contributed by atoms with Crippen LogP contribution in [0, 0.1) is 6.92 Å². The molecule has 0 amide bonds. The molecule has 31 heavy (non-hydrogen) atoms. The molecule has 4 nitrogen and oxygen atoms in total. The third-order valence-corrected chi connectivity index (χ3v) is 5.71. The van der Waals surface area contributed by atoms with Crippen molar-refractivity contribution < 1.29 is 9.47 Å². The molecule has 1 aromatic carbocycles. The van der Waals surface area contributed by atoms with Crippen molar-refractivity contribution in [1.82, 2.24) is 9.88 Å². The molecule has 0 saturated heterocycles. The summed E-state index contributed by atoms with van der Waals surface area (Å²) >= 11 is 0. The van der Waals surface area contributed by atoms with E-state index in [1.165, 1.54) is 16.7 Å². The molecule has 0 bridgehead atoms. The van der Waals surface area contributed by atoms with Gasteiger partial charge in [-0.1, -0.05) is 30.3 Å². The number of fused-ring (bicyclic) bond motifs is 1. The molecule has 0 radical (unpaired) electrons. The summed E-state index contributed by atoms with van der Waals surface area (Å²) < 4.78 is 12.0. The molecule has 1 aliphatic rings. The third kappa shape index (κ3) is 7.35. The smallest absolute Gasteiger partial charge is 0.146 e. The summed E-state index contributed by atoms with van der Waals surface area (Å²) in [7, 11) is 0. The van der Waals surface area contributed by atoms with Crippen molar-refractivity contribution in [2.24, 2.45) is 0 Å². The van der Waals surface area contributed by atoms with E-state index in [1.807, 2.05) is 6.07 Å². The topological polar surface area (TPSA) is 34.6 Å². The number of hydrogen-bond acceptors (Lipinski definition) is 4. The number of aryl methyl sites for hydroxylation is 1. The fourth-order valence-corrected chi connectivity index (χ4v) is 4.24. The number of aromatic nitrogens is 1. The van der Waals surface area contributed by atoms with Crippen LogP contribution in [0.5, 0.6) is 5.75 Å². The second-order valence-electron chi connectivity index (χ2n) is 8.57. The number of rotatable bonds is 10. The lowest BCUT2D eigenvalue weighted by Gasteiger charge is -2.30. The fourth-order valence-electron chi connectivity index (χ4n) is 4.24. The number of nitrogens with zero attached hydrogens (tertiary/aromatic N) is 2. The van der Waals surface area contributed by atoms with Gasteiger partial charge in [0.1, 0.15) is 5.75 Å². The van der Waals surface area contributed by atoms with Crippen LogP contribution < -0.4 is 4.74 Å². The van der Waals surface area contributed by atoms with Crippen molar-refractivity contribution in [2.75, 3.05) is 13.2 Å². The molecule has 0 unspecified atom stereocenters. The molecule has 174 valence electrons. The van der Waals surface area contributed by atoms with Gasteiger partial charge >= 0.3 is 0 Å². The molecule has 0 aliphatic carbocycles. The van der Waals surface area contributed by atoms with E-state index in [4.69, 9.17) is 14.5 Å². The van der Waals surface area contributed by atoms with Gasteiger partial charge in [-0.15, -0.1) is 24.8 Å². The number of benzene rings is 1. The van der Waals surface area contributed by atoms with E-state index >= 15 is 0 Å². The minimum atomic E-state index is 0. The van der Waals surface area contributed by atoms with Crippen LogP contribution in [0.2, 0.25) is 0 Å². The van der Waals surface area contributed by atoms with Gasteiger partial charge in [-0.25, -0.2) is 0 Å². The molecule has 1 aromatic heterocycles. The Labute approximate surface area is 200 Å². The lowest BCUT2D eigenvalue weighted by Crippen LogP contribution is -2.37. The average molecular weight is 469 g/mol. The molecule has 1 aliphatic heterocycles. The van der Waals surface area contributed by atoms with Gasteiger partial charge in [0, 0.05) is 29.6 Å². The Kier molecular flexibility index (Phi) is 11.9. The Balaban J connectivity index is 0.00000240. The van der Waals surface area contributed by atoms with E-state index in [0.717, 1.165) is 49.6 Å². The van der Waals surface area contributed by atoms with Crippen molar-refractivity contribution in [1.29, 1.82) is 0 Å². The van der Waals surface area contributed by atoms with Gasteiger partial charge in [0.15, 0.2) is 0 Å². The van der Waals surface area contributed by atoms with Crippen LogP contribution in [0.1, 0.15) is 68.6 Å². The average Bonchev–Trinajstić information content (AvgIpc) is 3.16. The fraction of sp³-hybridized carbons (Fsp3) is 0.560. The normalized spacial score (nSPS) is 12.6. The molecule has 0 saturated carbocycles. The molecular weight excluding hydrogens is 431 g/mol. The molecule has 3 rings (SSSR count). The predicted molar refractivity (Wildman–Crippen MR) is 133 cm³/mol. The first-order valence-electron chi connectivity index (χ1n) is 11.0. The van der Waals surface area contributed by atoms with Crippen molar-refractivity contribution >= 4 is 24.8 Å². The maximum atomic E-state index is 6.23. The highest BCUT2D eigenvalue weighted by Gasteiger charge is 2.24. The minimum Gasteiger partial charge on any atom is -0.491 e. The Morgan fingerprint density at radius 1 is 0.968 bits per heavy atom. The summed E-state index contributed by atoms with van der Waals surface area (Å²) in [5.41, 5.74) is 5.81. The molecule has 0 spiro atoms. The van der Waals surface area contributed by atoms with E-state index in [2.05, 4.69) is 63.8 Å². The first-order valence-corrected chi connectivity index (χ1v) is 11.0. The van der Waals surface area contributed by atoms with Crippen molar-refractivity contribution in [3.63, 3.8) is 0 Å². The highest BCUT2D eigenvalue weighted by molar-refractivity contribution is 5.85. The van der Waals surface area contributed by atoms with Gasteiger partial charge < -0.3 is 9.47 Å². The zero-order chi connectivity index (χ0) is 20.8. The van der Waals surface area contributed by atoms with Crippen molar-refractivity contribution in [3.8, 4) is 5.75 Å². The van der Waals surface area contributed by atoms with Gasteiger partial charge in [0.05, 0.1) is 31.2 Å². The largest absolute Gasteiger partial charge is 0.491 e.